The number of aliphatic imine (C=N–C) groups is 1. The van der Waals surface area contributed by atoms with Gasteiger partial charge in [0.2, 0.25) is 0 Å². The number of hydrogen-bond acceptors (Lipinski definition) is 2. The molecule has 0 aliphatic rings. The molecule has 0 heterocycles. The summed E-state index contributed by atoms with van der Waals surface area (Å²) in [5.74, 6) is -2.60. The third-order valence-electron chi connectivity index (χ3n) is 1.23. The van der Waals surface area contributed by atoms with Gasteiger partial charge in [-0.3, -0.25) is 4.99 Å². The monoisotopic (exact) mass is 269 g/mol. The van der Waals surface area contributed by atoms with Crippen LogP contribution in [0.3, 0.4) is 0 Å². The number of allylic oxidation sites excluding steroid dienone is 2. The van der Waals surface area contributed by atoms with Crippen LogP contribution in [0, 0.1) is 0 Å². The van der Waals surface area contributed by atoms with Gasteiger partial charge in [0, 0.05) is 0 Å². The van der Waals surface area contributed by atoms with E-state index in [9.17, 15) is 31.4 Å². The summed E-state index contributed by atoms with van der Waals surface area (Å²) in [5.41, 5.74) is -1.88. The minimum Gasteiger partial charge on any atom is -0.869 e. The van der Waals surface area contributed by atoms with E-state index in [0.29, 0.717) is 0 Å². The van der Waals surface area contributed by atoms with Gasteiger partial charge in [-0.25, -0.2) is 0 Å². The number of rotatable bonds is 3. The first kappa shape index (κ1) is 18.9. The summed E-state index contributed by atoms with van der Waals surface area (Å²) in [6, 6.07) is 0. The minimum atomic E-state index is -5.35. The van der Waals surface area contributed by atoms with Gasteiger partial charge in [-0.2, -0.15) is 26.3 Å². The van der Waals surface area contributed by atoms with Crippen molar-refractivity contribution in [3.8, 4) is 0 Å². The Hall–Kier alpha value is -0.470. The van der Waals surface area contributed by atoms with Crippen molar-refractivity contribution in [1.82, 2.24) is 0 Å². The standard InChI is InChI=1S/C8H7F6NO.Na/c1-2-3-15-5(7(9,10)11)4-6(16)8(12,13)14;/h2,4,16H,1,3H2;/q;+1/p-1/b6-4-,15-5?;. The van der Waals surface area contributed by atoms with E-state index in [0.717, 1.165) is 6.08 Å². The van der Waals surface area contributed by atoms with Crippen LogP contribution < -0.4 is 34.7 Å². The average molecular weight is 269 g/mol. The molecule has 0 fully saturated rings. The Bertz CT molecular complexity index is 317. The van der Waals surface area contributed by atoms with Crippen LogP contribution in [-0.4, -0.2) is 24.6 Å². The van der Waals surface area contributed by atoms with Crippen LogP contribution >= 0.6 is 0 Å². The molecule has 0 saturated heterocycles. The van der Waals surface area contributed by atoms with Gasteiger partial charge < -0.3 is 5.11 Å². The molecule has 17 heavy (non-hydrogen) atoms. The molecule has 0 radical (unpaired) electrons. The molecule has 0 spiro atoms. The zero-order valence-corrected chi connectivity index (χ0v) is 10.7. The molecule has 9 heteroatoms. The zero-order chi connectivity index (χ0) is 13.0. The van der Waals surface area contributed by atoms with Gasteiger partial charge in [0.15, 0.2) is 0 Å². The van der Waals surface area contributed by atoms with E-state index in [1.807, 2.05) is 0 Å². The van der Waals surface area contributed by atoms with Crippen molar-refractivity contribution in [3.05, 3.63) is 24.5 Å². The number of halogens is 6. The fourth-order valence-electron chi connectivity index (χ4n) is 0.586. The molecule has 0 aliphatic heterocycles. The summed E-state index contributed by atoms with van der Waals surface area (Å²) in [7, 11) is 0. The van der Waals surface area contributed by atoms with E-state index in [2.05, 4.69) is 11.6 Å². The van der Waals surface area contributed by atoms with Crippen LogP contribution in [0.25, 0.3) is 0 Å². The molecule has 0 aromatic heterocycles. The van der Waals surface area contributed by atoms with Gasteiger partial charge in [0.05, 0.1) is 6.54 Å². The molecular formula is C8H6F6NNaO. The maximum absolute atomic E-state index is 12.1. The van der Waals surface area contributed by atoms with Crippen LogP contribution in [0.15, 0.2) is 29.5 Å². The molecule has 0 rings (SSSR count). The minimum absolute atomic E-state index is 0. The predicted molar refractivity (Wildman–Crippen MR) is 42.7 cm³/mol. The van der Waals surface area contributed by atoms with Gasteiger partial charge in [0.1, 0.15) is 5.71 Å². The van der Waals surface area contributed by atoms with Gasteiger partial charge in [0.25, 0.3) is 0 Å². The van der Waals surface area contributed by atoms with Crippen LogP contribution in [0.5, 0.6) is 0 Å². The third kappa shape index (κ3) is 7.45. The molecule has 0 bridgehead atoms. The Balaban J connectivity index is 0. The molecule has 0 unspecified atom stereocenters. The molecule has 0 aliphatic carbocycles. The first-order valence-corrected chi connectivity index (χ1v) is 3.77. The van der Waals surface area contributed by atoms with E-state index in [1.165, 1.54) is 0 Å². The molecule has 2 nitrogen and oxygen atoms in total. The molecule has 0 N–H and O–H groups in total. The molecule has 92 valence electrons. The quantitative estimate of drug-likeness (QED) is 0.212. The first-order valence-electron chi connectivity index (χ1n) is 3.77. The molecular weight excluding hydrogens is 263 g/mol. The van der Waals surface area contributed by atoms with Gasteiger partial charge in [-0.15, -0.1) is 6.58 Å². The summed E-state index contributed by atoms with van der Waals surface area (Å²) in [6.07, 6.45) is -10.1. The largest absolute Gasteiger partial charge is 1.00 e. The van der Waals surface area contributed by atoms with Crippen molar-refractivity contribution in [2.24, 2.45) is 4.99 Å². The van der Waals surface area contributed by atoms with Gasteiger partial charge in [-0.05, 0) is 11.8 Å². The number of nitrogens with zero attached hydrogens (tertiary/aromatic N) is 1. The third-order valence-corrected chi connectivity index (χ3v) is 1.23. The Labute approximate surface area is 115 Å². The Morgan fingerprint density at radius 3 is 1.88 bits per heavy atom. The first-order chi connectivity index (χ1) is 7.09. The number of hydrogen-bond donors (Lipinski definition) is 0. The Morgan fingerprint density at radius 1 is 1.12 bits per heavy atom. The van der Waals surface area contributed by atoms with Crippen molar-refractivity contribution >= 4 is 5.71 Å². The predicted octanol–water partition coefficient (Wildman–Crippen LogP) is -1.01. The van der Waals surface area contributed by atoms with Crippen LogP contribution in [0.4, 0.5) is 26.3 Å². The van der Waals surface area contributed by atoms with E-state index in [4.69, 9.17) is 0 Å². The second-order valence-electron chi connectivity index (χ2n) is 2.52. The topological polar surface area (TPSA) is 35.4 Å². The van der Waals surface area contributed by atoms with Crippen molar-refractivity contribution in [2.45, 2.75) is 12.4 Å². The smallest absolute Gasteiger partial charge is 0.869 e. The Kier molecular flexibility index (Phi) is 7.86. The van der Waals surface area contributed by atoms with E-state index >= 15 is 0 Å². The average Bonchev–Trinajstić information content (AvgIpc) is 2.08. The Morgan fingerprint density at radius 2 is 1.59 bits per heavy atom. The zero-order valence-electron chi connectivity index (χ0n) is 8.69. The van der Waals surface area contributed by atoms with E-state index in [-0.39, 0.29) is 29.6 Å². The maximum Gasteiger partial charge on any atom is 1.00 e. The van der Waals surface area contributed by atoms with Crippen molar-refractivity contribution in [1.29, 1.82) is 0 Å². The van der Waals surface area contributed by atoms with E-state index < -0.39 is 36.4 Å². The van der Waals surface area contributed by atoms with Crippen LogP contribution in [0.2, 0.25) is 0 Å². The summed E-state index contributed by atoms with van der Waals surface area (Å²) >= 11 is 0. The SMILES string of the molecule is C=CCN=C(/C=C(\[O-])C(F)(F)F)C(F)(F)F.[Na+]. The van der Waals surface area contributed by atoms with Gasteiger partial charge >= 0.3 is 41.9 Å². The molecule has 0 saturated carbocycles. The maximum atomic E-state index is 12.1. The van der Waals surface area contributed by atoms with Crippen molar-refractivity contribution in [3.63, 3.8) is 0 Å². The van der Waals surface area contributed by atoms with Gasteiger partial charge in [-0.1, -0.05) is 6.08 Å². The van der Waals surface area contributed by atoms with Crippen molar-refractivity contribution in [2.75, 3.05) is 6.54 Å². The molecule has 0 amide bonds. The second kappa shape index (κ2) is 7.07. The summed E-state index contributed by atoms with van der Waals surface area (Å²) in [4.78, 5) is 2.76. The fourth-order valence-corrected chi connectivity index (χ4v) is 0.586. The summed E-state index contributed by atoms with van der Waals surface area (Å²) in [6.45, 7) is 2.52. The molecule has 0 aromatic carbocycles. The second-order valence-corrected chi connectivity index (χ2v) is 2.52. The normalized spacial score (nSPS) is 14.2. The van der Waals surface area contributed by atoms with Crippen LogP contribution in [-0.2, 0) is 0 Å². The fraction of sp³-hybridized carbons (Fsp3) is 0.375. The van der Waals surface area contributed by atoms with E-state index in [1.54, 1.807) is 0 Å². The summed E-state index contributed by atoms with van der Waals surface area (Å²) in [5, 5.41) is 10.3. The summed E-state index contributed by atoms with van der Waals surface area (Å²) < 4.78 is 71.3. The van der Waals surface area contributed by atoms with Crippen molar-refractivity contribution < 1.29 is 61.0 Å². The number of alkyl halides is 6. The van der Waals surface area contributed by atoms with Crippen LogP contribution in [0.1, 0.15) is 0 Å². The molecule has 0 aromatic rings. The molecule has 0 atom stereocenters.